The van der Waals surface area contributed by atoms with E-state index in [1.54, 1.807) is 0 Å². The van der Waals surface area contributed by atoms with Gasteiger partial charge in [0, 0.05) is 0 Å². The molecule has 1 rings (SSSR count). The lowest BCUT2D eigenvalue weighted by molar-refractivity contribution is 0.102. The van der Waals surface area contributed by atoms with Crippen molar-refractivity contribution in [3.63, 3.8) is 0 Å². The predicted octanol–water partition coefficient (Wildman–Crippen LogP) is 4.19. The van der Waals surface area contributed by atoms with Crippen LogP contribution in [0.4, 0.5) is 0 Å². The van der Waals surface area contributed by atoms with Crippen LogP contribution in [0.25, 0.3) is 0 Å². The normalized spacial score (nSPS) is 19.9. The van der Waals surface area contributed by atoms with Gasteiger partial charge in [0.05, 0.1) is 6.10 Å². The standard InChI is InChI=1S/C11H17IO/c1-2-3-9-11(12)13-10-7-5-4-6-8-10/h2,9-10H,1,3-8H2/b11-9-. The monoisotopic (exact) mass is 292 g/mol. The average Bonchev–Trinajstić information content (AvgIpc) is 2.16. The maximum atomic E-state index is 5.79. The highest BCUT2D eigenvalue weighted by Gasteiger charge is 2.14. The maximum absolute atomic E-state index is 5.79. The molecule has 0 aromatic rings. The average molecular weight is 292 g/mol. The van der Waals surface area contributed by atoms with Crippen molar-refractivity contribution in [2.45, 2.75) is 44.6 Å². The molecule has 1 aliphatic rings. The molecule has 0 atom stereocenters. The third-order valence-electron chi connectivity index (χ3n) is 2.28. The Balaban J connectivity index is 2.25. The molecule has 0 N–H and O–H groups in total. The van der Waals surface area contributed by atoms with Crippen LogP contribution < -0.4 is 0 Å². The molecule has 0 unspecified atom stereocenters. The van der Waals surface area contributed by atoms with E-state index >= 15 is 0 Å². The summed E-state index contributed by atoms with van der Waals surface area (Å²) in [5.74, 6) is 0. The molecule has 0 aromatic carbocycles. The predicted molar refractivity (Wildman–Crippen MR) is 64.9 cm³/mol. The first-order valence-corrected chi connectivity index (χ1v) is 6.04. The quantitative estimate of drug-likeness (QED) is 0.429. The zero-order chi connectivity index (χ0) is 9.52. The fourth-order valence-electron chi connectivity index (χ4n) is 1.57. The number of rotatable bonds is 4. The van der Waals surface area contributed by atoms with E-state index in [9.17, 15) is 0 Å². The molecule has 1 fully saturated rings. The molecular formula is C11H17IO. The van der Waals surface area contributed by atoms with E-state index < -0.39 is 0 Å². The minimum absolute atomic E-state index is 0.474. The summed E-state index contributed by atoms with van der Waals surface area (Å²) in [6, 6.07) is 0. The molecule has 0 spiro atoms. The molecule has 2 heteroatoms. The minimum Gasteiger partial charge on any atom is -0.485 e. The Morgan fingerprint density at radius 3 is 2.69 bits per heavy atom. The Bertz CT molecular complexity index is 181. The van der Waals surface area contributed by atoms with Crippen molar-refractivity contribution in [1.82, 2.24) is 0 Å². The fourth-order valence-corrected chi connectivity index (χ4v) is 2.18. The molecule has 1 saturated carbocycles. The Kier molecular flexibility index (Phi) is 5.51. The molecule has 0 saturated heterocycles. The first-order valence-electron chi connectivity index (χ1n) is 4.96. The summed E-state index contributed by atoms with van der Waals surface area (Å²) >= 11 is 2.26. The largest absolute Gasteiger partial charge is 0.485 e. The van der Waals surface area contributed by atoms with Crippen molar-refractivity contribution in [3.05, 3.63) is 22.5 Å². The molecule has 0 heterocycles. The molecule has 13 heavy (non-hydrogen) atoms. The van der Waals surface area contributed by atoms with Crippen molar-refractivity contribution < 1.29 is 4.74 Å². The third-order valence-corrected chi connectivity index (χ3v) is 2.97. The van der Waals surface area contributed by atoms with Crippen LogP contribution in [0.15, 0.2) is 22.5 Å². The lowest BCUT2D eigenvalue weighted by Crippen LogP contribution is -2.14. The fraction of sp³-hybridized carbons (Fsp3) is 0.636. The SMILES string of the molecule is C=CC/C=C(/I)OC1CCCCC1. The van der Waals surface area contributed by atoms with Crippen LogP contribution in [-0.4, -0.2) is 6.10 Å². The number of hydrogen-bond acceptors (Lipinski definition) is 1. The highest BCUT2D eigenvalue weighted by molar-refractivity contribution is 14.1. The second-order valence-electron chi connectivity index (χ2n) is 3.41. The van der Waals surface area contributed by atoms with Crippen LogP contribution in [0, 0.1) is 0 Å². The van der Waals surface area contributed by atoms with Gasteiger partial charge in [-0.2, -0.15) is 0 Å². The van der Waals surface area contributed by atoms with Gasteiger partial charge < -0.3 is 4.74 Å². The minimum atomic E-state index is 0.474. The van der Waals surface area contributed by atoms with Crippen LogP contribution in [0.1, 0.15) is 38.5 Å². The molecule has 0 aliphatic heterocycles. The van der Waals surface area contributed by atoms with Gasteiger partial charge in [0.2, 0.25) is 0 Å². The first-order chi connectivity index (χ1) is 6.33. The van der Waals surface area contributed by atoms with Gasteiger partial charge in [-0.3, -0.25) is 0 Å². The Morgan fingerprint density at radius 1 is 1.38 bits per heavy atom. The molecule has 1 aliphatic carbocycles. The number of allylic oxidation sites excluding steroid dienone is 2. The Hall–Kier alpha value is 0.01000. The zero-order valence-corrected chi connectivity index (χ0v) is 10.1. The molecule has 0 amide bonds. The summed E-state index contributed by atoms with van der Waals surface area (Å²) in [6.45, 7) is 3.68. The summed E-state index contributed by atoms with van der Waals surface area (Å²) in [4.78, 5) is 0. The van der Waals surface area contributed by atoms with Gasteiger partial charge in [0.1, 0.15) is 0 Å². The summed E-state index contributed by atoms with van der Waals surface area (Å²) < 4.78 is 6.83. The van der Waals surface area contributed by atoms with Gasteiger partial charge >= 0.3 is 0 Å². The van der Waals surface area contributed by atoms with Crippen LogP contribution in [0.5, 0.6) is 0 Å². The van der Waals surface area contributed by atoms with E-state index in [1.807, 2.05) is 6.08 Å². The molecule has 74 valence electrons. The van der Waals surface area contributed by atoms with E-state index in [-0.39, 0.29) is 0 Å². The van der Waals surface area contributed by atoms with Crippen molar-refractivity contribution >= 4 is 22.6 Å². The van der Waals surface area contributed by atoms with Crippen molar-refractivity contribution in [3.8, 4) is 0 Å². The second kappa shape index (κ2) is 6.46. The Morgan fingerprint density at radius 2 is 2.08 bits per heavy atom. The van der Waals surface area contributed by atoms with Crippen molar-refractivity contribution in [2.75, 3.05) is 0 Å². The smallest absolute Gasteiger partial charge is 0.153 e. The van der Waals surface area contributed by atoms with Gasteiger partial charge in [-0.25, -0.2) is 0 Å². The van der Waals surface area contributed by atoms with E-state index in [2.05, 4.69) is 35.2 Å². The topological polar surface area (TPSA) is 9.23 Å². The molecule has 0 radical (unpaired) electrons. The van der Waals surface area contributed by atoms with Gasteiger partial charge in [-0.15, -0.1) is 6.58 Å². The molecule has 0 aromatic heterocycles. The number of halogens is 1. The van der Waals surface area contributed by atoms with Crippen molar-refractivity contribution in [1.29, 1.82) is 0 Å². The van der Waals surface area contributed by atoms with E-state index in [0.717, 1.165) is 10.2 Å². The third kappa shape index (κ3) is 4.69. The van der Waals surface area contributed by atoms with Gasteiger partial charge in [-0.1, -0.05) is 12.5 Å². The Labute approximate surface area is 94.4 Å². The highest BCUT2D eigenvalue weighted by Crippen LogP contribution is 2.24. The summed E-state index contributed by atoms with van der Waals surface area (Å²) in [6.07, 6.45) is 11.9. The summed E-state index contributed by atoms with van der Waals surface area (Å²) in [5.41, 5.74) is 0. The van der Waals surface area contributed by atoms with E-state index in [4.69, 9.17) is 4.74 Å². The molecular weight excluding hydrogens is 275 g/mol. The first kappa shape index (κ1) is 11.1. The second-order valence-corrected chi connectivity index (χ2v) is 4.47. The van der Waals surface area contributed by atoms with Crippen LogP contribution in [0.3, 0.4) is 0 Å². The summed E-state index contributed by atoms with van der Waals surface area (Å²) in [7, 11) is 0. The molecule has 0 bridgehead atoms. The zero-order valence-electron chi connectivity index (χ0n) is 7.97. The number of ether oxygens (including phenoxy) is 1. The highest BCUT2D eigenvalue weighted by atomic mass is 127. The molecule has 1 nitrogen and oxygen atoms in total. The summed E-state index contributed by atoms with van der Waals surface area (Å²) in [5, 5.41) is 0. The van der Waals surface area contributed by atoms with Gasteiger partial charge in [0.15, 0.2) is 3.77 Å². The number of hydrogen-bond donors (Lipinski definition) is 0. The van der Waals surface area contributed by atoms with Gasteiger partial charge in [0.25, 0.3) is 0 Å². The maximum Gasteiger partial charge on any atom is 0.153 e. The van der Waals surface area contributed by atoms with E-state index in [0.29, 0.717) is 6.10 Å². The van der Waals surface area contributed by atoms with E-state index in [1.165, 1.54) is 32.1 Å². The van der Waals surface area contributed by atoms with Crippen molar-refractivity contribution in [2.24, 2.45) is 0 Å². The van der Waals surface area contributed by atoms with Crippen LogP contribution in [-0.2, 0) is 4.74 Å². The van der Waals surface area contributed by atoms with Crippen LogP contribution >= 0.6 is 22.6 Å². The lowest BCUT2D eigenvalue weighted by Gasteiger charge is -2.22. The van der Waals surface area contributed by atoms with Crippen LogP contribution in [0.2, 0.25) is 0 Å². The lowest BCUT2D eigenvalue weighted by atomic mass is 9.98. The van der Waals surface area contributed by atoms with Gasteiger partial charge in [-0.05, 0) is 60.8 Å².